The van der Waals surface area contributed by atoms with Gasteiger partial charge in [-0.1, -0.05) is 5.16 Å². The molecule has 0 saturated carbocycles. The Morgan fingerprint density at radius 1 is 1.40 bits per heavy atom. The van der Waals surface area contributed by atoms with Gasteiger partial charge >= 0.3 is 5.97 Å². The molecule has 4 N–H and O–H groups in total. The zero-order valence-corrected chi connectivity index (χ0v) is 10.2. The molecule has 0 bridgehead atoms. The van der Waals surface area contributed by atoms with Crippen molar-refractivity contribution in [2.75, 3.05) is 17.7 Å². The molecule has 1 aromatic carbocycles. The molecule has 20 heavy (non-hydrogen) atoms. The van der Waals surface area contributed by atoms with Crippen LogP contribution in [0.4, 0.5) is 11.4 Å². The van der Waals surface area contributed by atoms with E-state index in [0.717, 1.165) is 0 Å². The van der Waals surface area contributed by atoms with E-state index in [1.807, 2.05) is 0 Å². The second kappa shape index (κ2) is 5.74. The molecule has 1 aliphatic heterocycles. The molecular formula is C12H11N3O5. The van der Waals surface area contributed by atoms with E-state index in [1.54, 1.807) is 18.2 Å². The molecule has 2 heterocycles. The molecule has 0 spiro atoms. The van der Waals surface area contributed by atoms with E-state index in [0.29, 0.717) is 17.1 Å². The van der Waals surface area contributed by atoms with Crippen LogP contribution in [-0.2, 0) is 4.79 Å². The lowest BCUT2D eigenvalue weighted by molar-refractivity contribution is -0.118. The number of anilines is 2. The van der Waals surface area contributed by atoms with E-state index in [9.17, 15) is 9.59 Å². The van der Waals surface area contributed by atoms with E-state index >= 15 is 0 Å². The SMILES string of the molecule is Nc1ccc2c(c1)NC(=O)CO2.O=C(O)c1ccno1. The van der Waals surface area contributed by atoms with Crippen molar-refractivity contribution in [3.63, 3.8) is 0 Å². The summed E-state index contributed by atoms with van der Waals surface area (Å²) >= 11 is 0. The van der Waals surface area contributed by atoms with Crippen molar-refractivity contribution < 1.29 is 24.0 Å². The summed E-state index contributed by atoms with van der Waals surface area (Å²) in [5.74, 6) is -0.704. The van der Waals surface area contributed by atoms with E-state index in [2.05, 4.69) is 15.0 Å². The Bertz CT molecular complexity index is 624. The van der Waals surface area contributed by atoms with Crippen molar-refractivity contribution in [1.82, 2.24) is 5.16 Å². The average molecular weight is 277 g/mol. The third-order valence-electron chi connectivity index (χ3n) is 2.29. The number of fused-ring (bicyclic) bond motifs is 1. The summed E-state index contributed by atoms with van der Waals surface area (Å²) in [6, 6.07) is 6.43. The lowest BCUT2D eigenvalue weighted by Gasteiger charge is -2.17. The number of amides is 1. The molecule has 3 rings (SSSR count). The summed E-state index contributed by atoms with van der Waals surface area (Å²) in [5, 5.41) is 14.0. The molecule has 0 radical (unpaired) electrons. The van der Waals surface area contributed by atoms with Gasteiger partial charge in [0.05, 0.1) is 11.9 Å². The first-order chi connectivity index (χ1) is 9.56. The van der Waals surface area contributed by atoms with Gasteiger partial charge in [0.15, 0.2) is 6.61 Å². The number of nitrogens with one attached hydrogen (secondary N) is 1. The first-order valence-corrected chi connectivity index (χ1v) is 5.52. The fourth-order valence-corrected chi connectivity index (χ4v) is 1.43. The first kappa shape index (κ1) is 13.4. The molecule has 0 aliphatic carbocycles. The van der Waals surface area contributed by atoms with Gasteiger partial charge in [0.1, 0.15) is 5.75 Å². The summed E-state index contributed by atoms with van der Waals surface area (Å²) in [4.78, 5) is 20.8. The number of rotatable bonds is 1. The van der Waals surface area contributed by atoms with E-state index in [4.69, 9.17) is 15.6 Å². The fourth-order valence-electron chi connectivity index (χ4n) is 1.43. The van der Waals surface area contributed by atoms with Gasteiger partial charge in [0.2, 0.25) is 5.76 Å². The summed E-state index contributed by atoms with van der Waals surface area (Å²) in [5.41, 5.74) is 6.78. The molecule has 0 unspecified atom stereocenters. The van der Waals surface area contributed by atoms with Crippen molar-refractivity contribution in [2.24, 2.45) is 0 Å². The lowest BCUT2D eigenvalue weighted by atomic mass is 10.2. The maximum Gasteiger partial charge on any atom is 0.374 e. The minimum atomic E-state index is -1.09. The molecule has 1 aliphatic rings. The monoisotopic (exact) mass is 277 g/mol. The minimum Gasteiger partial charge on any atom is -0.482 e. The molecule has 1 amide bonds. The molecule has 0 atom stereocenters. The van der Waals surface area contributed by atoms with Crippen LogP contribution in [0.25, 0.3) is 0 Å². The number of aromatic carboxylic acids is 1. The van der Waals surface area contributed by atoms with Gasteiger partial charge in [-0.3, -0.25) is 4.79 Å². The minimum absolute atomic E-state index is 0.0803. The van der Waals surface area contributed by atoms with Crippen LogP contribution >= 0.6 is 0 Å². The normalized spacial score (nSPS) is 12.3. The summed E-state index contributed by atoms with van der Waals surface area (Å²) in [6.07, 6.45) is 1.28. The van der Waals surface area contributed by atoms with Crippen LogP contribution in [-0.4, -0.2) is 28.7 Å². The number of hydrogen-bond donors (Lipinski definition) is 3. The largest absolute Gasteiger partial charge is 0.482 e. The van der Waals surface area contributed by atoms with Crippen LogP contribution in [0.3, 0.4) is 0 Å². The quantitative estimate of drug-likeness (QED) is 0.662. The third-order valence-corrected chi connectivity index (χ3v) is 2.29. The van der Waals surface area contributed by atoms with Crippen LogP contribution in [0.2, 0.25) is 0 Å². The average Bonchev–Trinajstić information content (AvgIpc) is 2.93. The molecule has 0 saturated heterocycles. The number of ether oxygens (including phenoxy) is 1. The standard InChI is InChI=1S/C8H8N2O2.C4H3NO3/c9-5-1-2-7-6(3-5)10-8(11)4-12-7;6-4(7)3-1-2-5-8-3/h1-3H,4,9H2,(H,10,11);1-2H,(H,6,7). The van der Waals surface area contributed by atoms with Crippen LogP contribution in [0.5, 0.6) is 5.75 Å². The van der Waals surface area contributed by atoms with Gasteiger partial charge in [-0.2, -0.15) is 0 Å². The highest BCUT2D eigenvalue weighted by molar-refractivity contribution is 5.95. The predicted molar refractivity (Wildman–Crippen MR) is 68.4 cm³/mol. The van der Waals surface area contributed by atoms with Crippen molar-refractivity contribution >= 4 is 23.3 Å². The van der Waals surface area contributed by atoms with Gasteiger partial charge in [0.25, 0.3) is 5.91 Å². The molecule has 0 fully saturated rings. The van der Waals surface area contributed by atoms with Crippen LogP contribution in [0.15, 0.2) is 35.0 Å². The lowest BCUT2D eigenvalue weighted by Crippen LogP contribution is -2.25. The van der Waals surface area contributed by atoms with E-state index < -0.39 is 5.97 Å². The molecule has 1 aromatic heterocycles. The Morgan fingerprint density at radius 3 is 2.80 bits per heavy atom. The number of aromatic nitrogens is 1. The Labute approximate surface area is 113 Å². The molecule has 104 valence electrons. The van der Waals surface area contributed by atoms with Crippen LogP contribution in [0, 0.1) is 0 Å². The highest BCUT2D eigenvalue weighted by Crippen LogP contribution is 2.28. The first-order valence-electron chi connectivity index (χ1n) is 5.52. The Hall–Kier alpha value is -3.03. The molecule has 8 nitrogen and oxygen atoms in total. The van der Waals surface area contributed by atoms with Gasteiger partial charge in [-0.15, -0.1) is 0 Å². The van der Waals surface area contributed by atoms with Crippen LogP contribution in [0.1, 0.15) is 10.6 Å². The molecular weight excluding hydrogens is 266 g/mol. The number of nitrogen functional groups attached to an aromatic ring is 1. The zero-order valence-electron chi connectivity index (χ0n) is 10.2. The highest BCUT2D eigenvalue weighted by atomic mass is 16.5. The second-order valence-corrected chi connectivity index (χ2v) is 3.77. The molecule has 8 heteroatoms. The van der Waals surface area contributed by atoms with E-state index in [1.165, 1.54) is 12.3 Å². The highest BCUT2D eigenvalue weighted by Gasteiger charge is 2.14. The number of carbonyl (C=O) groups is 2. The van der Waals surface area contributed by atoms with Crippen molar-refractivity contribution in [3.8, 4) is 5.75 Å². The van der Waals surface area contributed by atoms with E-state index in [-0.39, 0.29) is 18.3 Å². The Morgan fingerprint density at radius 2 is 2.20 bits per heavy atom. The number of carboxylic acids is 1. The maximum atomic E-state index is 10.9. The predicted octanol–water partition coefficient (Wildman–Crippen LogP) is 0.972. The number of carboxylic acid groups (broad SMARTS) is 1. The summed E-state index contributed by atoms with van der Waals surface area (Å²) in [6.45, 7) is 0.0803. The van der Waals surface area contributed by atoms with Gasteiger partial charge in [-0.05, 0) is 18.2 Å². The smallest absolute Gasteiger partial charge is 0.374 e. The Kier molecular flexibility index (Phi) is 3.85. The van der Waals surface area contributed by atoms with Crippen molar-refractivity contribution in [3.05, 3.63) is 36.2 Å². The van der Waals surface area contributed by atoms with Crippen molar-refractivity contribution in [1.29, 1.82) is 0 Å². The number of nitrogens with two attached hydrogens (primary N) is 1. The maximum absolute atomic E-state index is 10.9. The van der Waals surface area contributed by atoms with Gasteiger partial charge < -0.3 is 25.4 Å². The molecule has 2 aromatic rings. The third kappa shape index (κ3) is 3.25. The summed E-state index contributed by atoms with van der Waals surface area (Å²) in [7, 11) is 0. The Balaban J connectivity index is 0.000000160. The number of carbonyl (C=O) groups excluding carboxylic acids is 1. The second-order valence-electron chi connectivity index (χ2n) is 3.77. The van der Waals surface area contributed by atoms with Gasteiger partial charge in [0, 0.05) is 11.8 Å². The number of nitrogens with zero attached hydrogens (tertiary/aromatic N) is 1. The van der Waals surface area contributed by atoms with Crippen LogP contribution < -0.4 is 15.8 Å². The fraction of sp³-hybridized carbons (Fsp3) is 0.0833. The number of benzene rings is 1. The zero-order chi connectivity index (χ0) is 14.5. The topological polar surface area (TPSA) is 128 Å². The number of hydrogen-bond acceptors (Lipinski definition) is 6. The van der Waals surface area contributed by atoms with Gasteiger partial charge in [-0.25, -0.2) is 4.79 Å². The van der Waals surface area contributed by atoms with Crippen molar-refractivity contribution in [2.45, 2.75) is 0 Å². The summed E-state index contributed by atoms with van der Waals surface area (Å²) < 4.78 is 9.37.